The van der Waals surface area contributed by atoms with Crippen LogP contribution in [0.5, 0.6) is 0 Å². The predicted molar refractivity (Wildman–Crippen MR) is 74.9 cm³/mol. The maximum Gasteiger partial charge on any atom is 0.251 e. The van der Waals surface area contributed by atoms with Crippen LogP contribution in [0.15, 0.2) is 41.2 Å². The highest BCUT2D eigenvalue weighted by Crippen LogP contribution is 2.21. The first-order valence-electron chi connectivity index (χ1n) is 6.73. The summed E-state index contributed by atoms with van der Waals surface area (Å²) in [6, 6.07) is 11.5. The lowest BCUT2D eigenvalue weighted by Gasteiger charge is -2.22. The Morgan fingerprint density at radius 2 is 2.00 bits per heavy atom. The third-order valence-electron chi connectivity index (χ3n) is 3.47. The van der Waals surface area contributed by atoms with Crippen LogP contribution < -0.4 is 10.9 Å². The smallest absolute Gasteiger partial charge is 0.251 e. The van der Waals surface area contributed by atoms with Gasteiger partial charge in [0.15, 0.2) is 0 Å². The SMILES string of the molecule is O=c1cc(-c2ccccc2)nc(C2CCCCN2)[nH]1. The van der Waals surface area contributed by atoms with Crippen LogP contribution in [0.2, 0.25) is 0 Å². The van der Waals surface area contributed by atoms with E-state index in [1.54, 1.807) is 6.07 Å². The van der Waals surface area contributed by atoms with E-state index in [0.29, 0.717) is 0 Å². The molecule has 1 aliphatic heterocycles. The van der Waals surface area contributed by atoms with Gasteiger partial charge in [0, 0.05) is 11.6 Å². The molecule has 0 spiro atoms. The van der Waals surface area contributed by atoms with Gasteiger partial charge in [-0.1, -0.05) is 36.8 Å². The van der Waals surface area contributed by atoms with Crippen LogP contribution in [0.4, 0.5) is 0 Å². The largest absolute Gasteiger partial charge is 0.309 e. The monoisotopic (exact) mass is 255 g/mol. The number of hydrogen-bond acceptors (Lipinski definition) is 3. The summed E-state index contributed by atoms with van der Waals surface area (Å²) in [6.45, 7) is 0.990. The van der Waals surface area contributed by atoms with Gasteiger partial charge in [0.2, 0.25) is 0 Å². The lowest BCUT2D eigenvalue weighted by molar-refractivity contribution is 0.397. The Bertz CT molecular complexity index is 600. The molecular weight excluding hydrogens is 238 g/mol. The molecule has 1 aliphatic rings. The molecule has 2 N–H and O–H groups in total. The number of piperidine rings is 1. The highest BCUT2D eigenvalue weighted by atomic mass is 16.1. The van der Waals surface area contributed by atoms with Crippen LogP contribution in [0.25, 0.3) is 11.3 Å². The molecule has 4 nitrogen and oxygen atoms in total. The Hall–Kier alpha value is -1.94. The second-order valence-corrected chi connectivity index (χ2v) is 4.88. The Morgan fingerprint density at radius 1 is 1.16 bits per heavy atom. The normalized spacial score (nSPS) is 19.3. The lowest BCUT2D eigenvalue weighted by atomic mass is 10.0. The maximum absolute atomic E-state index is 11.8. The number of nitrogens with one attached hydrogen (secondary N) is 2. The van der Waals surface area contributed by atoms with E-state index in [9.17, 15) is 4.79 Å². The second kappa shape index (κ2) is 5.36. The van der Waals surface area contributed by atoms with Gasteiger partial charge < -0.3 is 10.3 Å². The first-order chi connectivity index (χ1) is 9.33. The number of benzene rings is 1. The van der Waals surface area contributed by atoms with Crippen molar-refractivity contribution in [3.63, 3.8) is 0 Å². The summed E-state index contributed by atoms with van der Waals surface area (Å²) in [5.41, 5.74) is 1.63. The van der Waals surface area contributed by atoms with Gasteiger partial charge >= 0.3 is 0 Å². The van der Waals surface area contributed by atoms with Gasteiger partial charge in [-0.2, -0.15) is 0 Å². The molecule has 1 atom stereocenters. The van der Waals surface area contributed by atoms with Gasteiger partial charge in [0.1, 0.15) is 5.82 Å². The van der Waals surface area contributed by atoms with E-state index >= 15 is 0 Å². The Balaban J connectivity index is 1.98. The minimum Gasteiger partial charge on any atom is -0.309 e. The summed E-state index contributed by atoms with van der Waals surface area (Å²) in [5, 5.41) is 3.41. The maximum atomic E-state index is 11.8. The van der Waals surface area contributed by atoms with Gasteiger partial charge in [-0.05, 0) is 19.4 Å². The van der Waals surface area contributed by atoms with Crippen molar-refractivity contribution in [3.8, 4) is 11.3 Å². The average molecular weight is 255 g/mol. The molecule has 1 aromatic carbocycles. The quantitative estimate of drug-likeness (QED) is 0.865. The van der Waals surface area contributed by atoms with Crippen LogP contribution in [-0.4, -0.2) is 16.5 Å². The third-order valence-corrected chi connectivity index (χ3v) is 3.47. The van der Waals surface area contributed by atoms with Gasteiger partial charge in [-0.3, -0.25) is 4.79 Å². The van der Waals surface area contributed by atoms with E-state index in [0.717, 1.165) is 30.0 Å². The van der Waals surface area contributed by atoms with Crippen molar-refractivity contribution in [1.29, 1.82) is 0 Å². The number of nitrogens with zero attached hydrogens (tertiary/aromatic N) is 1. The average Bonchev–Trinajstić information content (AvgIpc) is 2.48. The van der Waals surface area contributed by atoms with Gasteiger partial charge in [-0.25, -0.2) is 4.98 Å². The van der Waals surface area contributed by atoms with Crippen molar-refractivity contribution in [3.05, 3.63) is 52.6 Å². The van der Waals surface area contributed by atoms with E-state index in [2.05, 4.69) is 15.3 Å². The van der Waals surface area contributed by atoms with Crippen molar-refractivity contribution in [2.45, 2.75) is 25.3 Å². The zero-order valence-electron chi connectivity index (χ0n) is 10.7. The molecule has 2 aromatic rings. The Morgan fingerprint density at radius 3 is 2.74 bits per heavy atom. The number of hydrogen-bond donors (Lipinski definition) is 2. The van der Waals surface area contributed by atoms with E-state index in [1.165, 1.54) is 12.8 Å². The van der Waals surface area contributed by atoms with Crippen LogP contribution in [-0.2, 0) is 0 Å². The molecule has 3 rings (SSSR count). The standard InChI is InChI=1S/C15H17N3O/c19-14-10-13(11-6-2-1-3-7-11)17-15(18-14)12-8-4-5-9-16-12/h1-3,6-7,10,12,16H,4-5,8-9H2,(H,17,18,19). The van der Waals surface area contributed by atoms with Crippen LogP contribution in [0.3, 0.4) is 0 Å². The lowest BCUT2D eigenvalue weighted by Crippen LogP contribution is -2.30. The zero-order valence-corrected chi connectivity index (χ0v) is 10.7. The molecule has 98 valence electrons. The molecule has 0 radical (unpaired) electrons. The molecule has 1 unspecified atom stereocenters. The fourth-order valence-corrected chi connectivity index (χ4v) is 2.48. The van der Waals surface area contributed by atoms with Crippen LogP contribution in [0.1, 0.15) is 31.1 Å². The first kappa shape index (κ1) is 12.1. The fourth-order valence-electron chi connectivity index (χ4n) is 2.48. The van der Waals surface area contributed by atoms with E-state index in [4.69, 9.17) is 0 Å². The fraction of sp³-hybridized carbons (Fsp3) is 0.333. The third kappa shape index (κ3) is 2.74. The molecule has 0 saturated carbocycles. The minimum absolute atomic E-state index is 0.0868. The molecule has 4 heteroatoms. The summed E-state index contributed by atoms with van der Waals surface area (Å²) in [4.78, 5) is 19.3. The molecule has 0 bridgehead atoms. The number of rotatable bonds is 2. The van der Waals surface area contributed by atoms with Crippen LogP contribution >= 0.6 is 0 Å². The number of aromatic amines is 1. The highest BCUT2D eigenvalue weighted by molar-refractivity contribution is 5.58. The molecular formula is C15H17N3O. The predicted octanol–water partition coefficient (Wildman–Crippen LogP) is 2.25. The van der Waals surface area contributed by atoms with Crippen molar-refractivity contribution in [1.82, 2.24) is 15.3 Å². The molecule has 1 aromatic heterocycles. The molecule has 1 fully saturated rings. The van der Waals surface area contributed by atoms with Crippen molar-refractivity contribution < 1.29 is 0 Å². The van der Waals surface area contributed by atoms with Crippen molar-refractivity contribution in [2.75, 3.05) is 6.54 Å². The molecule has 1 saturated heterocycles. The first-order valence-corrected chi connectivity index (χ1v) is 6.73. The second-order valence-electron chi connectivity index (χ2n) is 4.88. The molecule has 19 heavy (non-hydrogen) atoms. The summed E-state index contributed by atoms with van der Waals surface area (Å²) in [7, 11) is 0. The minimum atomic E-state index is -0.0868. The van der Waals surface area contributed by atoms with Gasteiger partial charge in [-0.15, -0.1) is 0 Å². The topological polar surface area (TPSA) is 57.8 Å². The van der Waals surface area contributed by atoms with E-state index in [-0.39, 0.29) is 11.6 Å². The van der Waals surface area contributed by atoms with Crippen molar-refractivity contribution in [2.24, 2.45) is 0 Å². The van der Waals surface area contributed by atoms with Crippen molar-refractivity contribution >= 4 is 0 Å². The molecule has 2 heterocycles. The number of aromatic nitrogens is 2. The zero-order chi connectivity index (χ0) is 13.1. The van der Waals surface area contributed by atoms with E-state index < -0.39 is 0 Å². The van der Waals surface area contributed by atoms with E-state index in [1.807, 2.05) is 30.3 Å². The summed E-state index contributed by atoms with van der Waals surface area (Å²) < 4.78 is 0. The molecule has 0 amide bonds. The van der Waals surface area contributed by atoms with Crippen LogP contribution in [0, 0.1) is 0 Å². The Kier molecular flexibility index (Phi) is 3.42. The summed E-state index contributed by atoms with van der Waals surface area (Å²) in [5.74, 6) is 0.756. The molecule has 0 aliphatic carbocycles. The van der Waals surface area contributed by atoms with Gasteiger partial charge in [0.05, 0.1) is 11.7 Å². The Labute approximate surface area is 111 Å². The van der Waals surface area contributed by atoms with Gasteiger partial charge in [0.25, 0.3) is 5.56 Å². The summed E-state index contributed by atoms with van der Waals surface area (Å²) in [6.07, 6.45) is 3.40. The highest BCUT2D eigenvalue weighted by Gasteiger charge is 2.17. The number of H-pyrrole nitrogens is 1. The summed E-state index contributed by atoms with van der Waals surface area (Å²) >= 11 is 0.